The summed E-state index contributed by atoms with van der Waals surface area (Å²) in [5.41, 5.74) is 3.29. The molecule has 1 heterocycles. The van der Waals surface area contributed by atoms with Crippen molar-refractivity contribution in [2.45, 2.75) is 19.7 Å². The highest BCUT2D eigenvalue weighted by molar-refractivity contribution is 6.17. The fraction of sp³-hybridized carbons (Fsp3) is 0.444. The summed E-state index contributed by atoms with van der Waals surface area (Å²) in [5, 5.41) is 0. The van der Waals surface area contributed by atoms with Crippen LogP contribution in [0.1, 0.15) is 16.7 Å². The third kappa shape index (κ3) is 2.48. The van der Waals surface area contributed by atoms with Crippen molar-refractivity contribution in [1.82, 2.24) is 4.98 Å². The molecule has 74 valence electrons. The molecular formula is C9H13Cl2NO. The highest BCUT2D eigenvalue weighted by Gasteiger charge is 2.07. The van der Waals surface area contributed by atoms with Gasteiger partial charge >= 0.3 is 0 Å². The van der Waals surface area contributed by atoms with Crippen molar-refractivity contribution in [2.75, 3.05) is 7.11 Å². The third-order valence-corrected chi connectivity index (χ3v) is 2.27. The van der Waals surface area contributed by atoms with Gasteiger partial charge in [-0.05, 0) is 25.0 Å². The van der Waals surface area contributed by atoms with Gasteiger partial charge in [-0.25, -0.2) is 4.98 Å². The van der Waals surface area contributed by atoms with Gasteiger partial charge in [0.15, 0.2) is 0 Å². The standard InChI is InChI=1S/C9H12ClNO.ClH/c1-6-5-11-9(12-3)8(4-10)7(6)2;/h5H,4H2,1-3H3;1H. The summed E-state index contributed by atoms with van der Waals surface area (Å²) in [4.78, 5) is 4.12. The monoisotopic (exact) mass is 221 g/mol. The molecule has 0 aliphatic rings. The van der Waals surface area contributed by atoms with Crippen molar-refractivity contribution >= 4 is 24.0 Å². The number of methoxy groups -OCH3 is 1. The van der Waals surface area contributed by atoms with Crippen LogP contribution in [0.25, 0.3) is 0 Å². The number of alkyl halides is 1. The zero-order valence-electron chi connectivity index (χ0n) is 7.93. The second-order valence-electron chi connectivity index (χ2n) is 2.69. The minimum atomic E-state index is 0. The number of nitrogens with zero attached hydrogens (tertiary/aromatic N) is 1. The quantitative estimate of drug-likeness (QED) is 0.718. The molecule has 0 aliphatic carbocycles. The lowest BCUT2D eigenvalue weighted by molar-refractivity contribution is 0.393. The van der Waals surface area contributed by atoms with Gasteiger partial charge in [0.1, 0.15) is 0 Å². The molecule has 2 nitrogen and oxygen atoms in total. The van der Waals surface area contributed by atoms with Gasteiger partial charge in [0.2, 0.25) is 5.88 Å². The zero-order chi connectivity index (χ0) is 9.14. The lowest BCUT2D eigenvalue weighted by Crippen LogP contribution is -1.97. The lowest BCUT2D eigenvalue weighted by Gasteiger charge is -2.09. The van der Waals surface area contributed by atoms with E-state index in [1.807, 2.05) is 13.8 Å². The van der Waals surface area contributed by atoms with E-state index in [1.165, 1.54) is 0 Å². The topological polar surface area (TPSA) is 22.1 Å². The minimum Gasteiger partial charge on any atom is -0.481 e. The Bertz CT molecular complexity index is 289. The molecular weight excluding hydrogens is 209 g/mol. The fourth-order valence-corrected chi connectivity index (χ4v) is 1.38. The molecule has 0 N–H and O–H groups in total. The number of rotatable bonds is 2. The molecule has 0 saturated carbocycles. The van der Waals surface area contributed by atoms with Crippen LogP contribution in [-0.4, -0.2) is 12.1 Å². The van der Waals surface area contributed by atoms with Crippen LogP contribution in [0.4, 0.5) is 0 Å². The van der Waals surface area contributed by atoms with Crippen LogP contribution in [0.5, 0.6) is 5.88 Å². The first-order valence-electron chi connectivity index (χ1n) is 3.75. The molecule has 0 bridgehead atoms. The van der Waals surface area contributed by atoms with Crippen molar-refractivity contribution in [3.05, 3.63) is 22.9 Å². The van der Waals surface area contributed by atoms with Gasteiger partial charge in [-0.15, -0.1) is 24.0 Å². The summed E-state index contributed by atoms with van der Waals surface area (Å²) in [7, 11) is 1.60. The molecule has 4 heteroatoms. The Labute approximate surface area is 89.7 Å². The number of pyridine rings is 1. The predicted octanol–water partition coefficient (Wildman–Crippen LogP) is 2.87. The van der Waals surface area contributed by atoms with Crippen molar-refractivity contribution < 1.29 is 4.74 Å². The molecule has 13 heavy (non-hydrogen) atoms. The van der Waals surface area contributed by atoms with Gasteiger partial charge in [-0.3, -0.25) is 0 Å². The maximum absolute atomic E-state index is 5.77. The van der Waals surface area contributed by atoms with Crippen LogP contribution in [0, 0.1) is 13.8 Å². The van der Waals surface area contributed by atoms with Gasteiger partial charge in [0.05, 0.1) is 13.0 Å². The summed E-state index contributed by atoms with van der Waals surface area (Å²) in [6.07, 6.45) is 1.80. The Morgan fingerprint density at radius 3 is 2.54 bits per heavy atom. The maximum atomic E-state index is 5.77. The normalized spacial score (nSPS) is 9.23. The first kappa shape index (κ1) is 12.5. The van der Waals surface area contributed by atoms with E-state index in [4.69, 9.17) is 16.3 Å². The van der Waals surface area contributed by atoms with E-state index in [0.717, 1.165) is 16.7 Å². The lowest BCUT2D eigenvalue weighted by atomic mass is 10.1. The third-order valence-electron chi connectivity index (χ3n) is 2.00. The van der Waals surface area contributed by atoms with Gasteiger partial charge in [-0.1, -0.05) is 0 Å². The van der Waals surface area contributed by atoms with E-state index < -0.39 is 0 Å². The number of aryl methyl sites for hydroxylation is 1. The summed E-state index contributed by atoms with van der Waals surface area (Å²) in [6, 6.07) is 0. The maximum Gasteiger partial charge on any atom is 0.217 e. The number of hydrogen-bond acceptors (Lipinski definition) is 2. The molecule has 1 rings (SSSR count). The van der Waals surface area contributed by atoms with Crippen LogP contribution < -0.4 is 4.74 Å². The van der Waals surface area contributed by atoms with Crippen molar-refractivity contribution in [3.63, 3.8) is 0 Å². The predicted molar refractivity (Wildman–Crippen MR) is 57.1 cm³/mol. The van der Waals surface area contributed by atoms with Crippen molar-refractivity contribution in [1.29, 1.82) is 0 Å². The molecule has 0 aliphatic heterocycles. The number of aromatic nitrogens is 1. The molecule has 0 fully saturated rings. The van der Waals surface area contributed by atoms with Crippen molar-refractivity contribution in [2.24, 2.45) is 0 Å². The Balaban J connectivity index is 0.00000144. The summed E-state index contributed by atoms with van der Waals surface area (Å²) in [6.45, 7) is 4.04. The minimum absolute atomic E-state index is 0. The summed E-state index contributed by atoms with van der Waals surface area (Å²) >= 11 is 5.77. The average Bonchev–Trinajstić information content (AvgIpc) is 2.09. The second-order valence-corrected chi connectivity index (χ2v) is 2.95. The fourth-order valence-electron chi connectivity index (χ4n) is 1.06. The number of halogens is 2. The highest BCUT2D eigenvalue weighted by Crippen LogP contribution is 2.23. The number of hydrogen-bond donors (Lipinski definition) is 0. The molecule has 0 aromatic carbocycles. The van der Waals surface area contributed by atoms with E-state index in [9.17, 15) is 0 Å². The molecule has 0 unspecified atom stereocenters. The van der Waals surface area contributed by atoms with Crippen LogP contribution in [0.3, 0.4) is 0 Å². The molecule has 1 aromatic heterocycles. The largest absolute Gasteiger partial charge is 0.481 e. The SMILES string of the molecule is COc1ncc(C)c(C)c1CCl.Cl. The van der Waals surface area contributed by atoms with Crippen LogP contribution in [0.15, 0.2) is 6.20 Å². The first-order chi connectivity index (χ1) is 5.70. The summed E-state index contributed by atoms with van der Waals surface area (Å²) < 4.78 is 5.08. The Morgan fingerprint density at radius 1 is 1.46 bits per heavy atom. The Kier molecular flexibility index (Phi) is 5.11. The van der Waals surface area contributed by atoms with Gasteiger partial charge in [0, 0.05) is 11.8 Å². The molecule has 0 amide bonds. The Morgan fingerprint density at radius 2 is 2.08 bits per heavy atom. The zero-order valence-corrected chi connectivity index (χ0v) is 9.50. The van der Waals surface area contributed by atoms with Gasteiger partial charge in [-0.2, -0.15) is 0 Å². The first-order valence-corrected chi connectivity index (χ1v) is 4.29. The van der Waals surface area contributed by atoms with Crippen LogP contribution in [-0.2, 0) is 5.88 Å². The van der Waals surface area contributed by atoms with E-state index >= 15 is 0 Å². The van der Waals surface area contributed by atoms with E-state index in [1.54, 1.807) is 13.3 Å². The number of ether oxygens (including phenoxy) is 1. The van der Waals surface area contributed by atoms with Gasteiger partial charge < -0.3 is 4.74 Å². The van der Waals surface area contributed by atoms with Crippen molar-refractivity contribution in [3.8, 4) is 5.88 Å². The van der Waals surface area contributed by atoms with Crippen LogP contribution >= 0.6 is 24.0 Å². The smallest absolute Gasteiger partial charge is 0.217 e. The molecule has 0 atom stereocenters. The van der Waals surface area contributed by atoms with E-state index in [-0.39, 0.29) is 12.4 Å². The Hall–Kier alpha value is -0.470. The highest BCUT2D eigenvalue weighted by atomic mass is 35.5. The average molecular weight is 222 g/mol. The molecule has 0 spiro atoms. The van der Waals surface area contributed by atoms with Crippen LogP contribution in [0.2, 0.25) is 0 Å². The van der Waals surface area contributed by atoms with E-state index in [0.29, 0.717) is 11.8 Å². The second kappa shape index (κ2) is 5.30. The molecule has 0 saturated heterocycles. The van der Waals surface area contributed by atoms with E-state index in [2.05, 4.69) is 4.98 Å². The van der Waals surface area contributed by atoms with Gasteiger partial charge in [0.25, 0.3) is 0 Å². The summed E-state index contributed by atoms with van der Waals surface area (Å²) in [5.74, 6) is 1.08. The molecule has 1 aromatic rings. The molecule has 0 radical (unpaired) electrons.